The monoisotopic (exact) mass is 418 g/mol. The quantitative estimate of drug-likeness (QED) is 0.336. The van der Waals surface area contributed by atoms with Crippen LogP contribution in [0, 0.1) is 17.0 Å². The summed E-state index contributed by atoms with van der Waals surface area (Å²) in [6.07, 6.45) is 0.563. The molecule has 0 aliphatic carbocycles. The van der Waals surface area contributed by atoms with E-state index in [2.05, 4.69) is 5.32 Å². The third-order valence-corrected chi connectivity index (χ3v) is 4.81. The van der Waals surface area contributed by atoms with E-state index >= 15 is 0 Å². The van der Waals surface area contributed by atoms with Gasteiger partial charge in [-0.2, -0.15) is 0 Å². The number of carbonyl (C=O) groups is 2. The maximum atomic E-state index is 12.5. The van der Waals surface area contributed by atoms with Gasteiger partial charge in [0.05, 0.1) is 11.0 Å². The van der Waals surface area contributed by atoms with E-state index in [0.717, 1.165) is 11.1 Å². The largest absolute Gasteiger partial charge is 0.452 e. The predicted octanol–water partition coefficient (Wildman–Crippen LogP) is 4.16. The summed E-state index contributed by atoms with van der Waals surface area (Å²) in [6.45, 7) is 1.04. The highest BCUT2D eigenvalue weighted by molar-refractivity contribution is 5.96. The molecule has 3 aromatic carbocycles. The number of ether oxygens (including phenoxy) is 1. The van der Waals surface area contributed by atoms with Crippen LogP contribution in [0.5, 0.6) is 0 Å². The van der Waals surface area contributed by atoms with Crippen LogP contribution in [0.15, 0.2) is 78.9 Å². The molecule has 0 aliphatic heterocycles. The van der Waals surface area contributed by atoms with Gasteiger partial charge in [0.1, 0.15) is 5.56 Å². The number of nitrogens with zero attached hydrogens (tertiary/aromatic N) is 1. The molecule has 1 unspecified atom stereocenters. The van der Waals surface area contributed by atoms with Crippen molar-refractivity contribution < 1.29 is 19.2 Å². The Labute approximate surface area is 179 Å². The lowest BCUT2D eigenvalue weighted by molar-refractivity contribution is -0.385. The van der Waals surface area contributed by atoms with E-state index in [-0.39, 0.29) is 17.3 Å². The number of benzene rings is 3. The zero-order valence-corrected chi connectivity index (χ0v) is 17.0. The first kappa shape index (κ1) is 21.7. The molecule has 7 heteroatoms. The summed E-state index contributed by atoms with van der Waals surface area (Å²) in [5.41, 5.74) is 1.87. The highest BCUT2D eigenvalue weighted by atomic mass is 16.6. The molecule has 3 rings (SSSR count). The Balaban J connectivity index is 1.69. The van der Waals surface area contributed by atoms with Crippen molar-refractivity contribution in [3.8, 4) is 0 Å². The van der Waals surface area contributed by atoms with E-state index in [1.54, 1.807) is 13.0 Å². The minimum Gasteiger partial charge on any atom is -0.452 e. The van der Waals surface area contributed by atoms with Crippen molar-refractivity contribution in [1.29, 1.82) is 0 Å². The number of amides is 1. The molecule has 0 heterocycles. The van der Waals surface area contributed by atoms with Crippen LogP contribution in [-0.4, -0.2) is 23.4 Å². The van der Waals surface area contributed by atoms with Gasteiger partial charge in [0.25, 0.3) is 11.6 Å². The lowest BCUT2D eigenvalue weighted by Crippen LogP contribution is -2.33. The standard InChI is InChI=1S/C24H22N2O5/c1-17-9-8-14-21(26(29)30)23(17)24(28)31-16-22(27)25-20(19-12-6-3-7-13-19)15-18-10-4-2-5-11-18/h2-14,20H,15-16H2,1H3,(H,25,27). The van der Waals surface area contributed by atoms with E-state index in [1.807, 2.05) is 60.7 Å². The molecular formula is C24H22N2O5. The Hall–Kier alpha value is -4.00. The summed E-state index contributed by atoms with van der Waals surface area (Å²) in [6, 6.07) is 23.2. The van der Waals surface area contributed by atoms with Gasteiger partial charge in [-0.25, -0.2) is 4.79 Å². The summed E-state index contributed by atoms with van der Waals surface area (Å²) in [5.74, 6) is -1.39. The summed E-state index contributed by atoms with van der Waals surface area (Å²) < 4.78 is 5.09. The van der Waals surface area contributed by atoms with Crippen molar-refractivity contribution in [3.63, 3.8) is 0 Å². The smallest absolute Gasteiger partial charge is 0.345 e. The number of nitro groups is 1. The first-order valence-corrected chi connectivity index (χ1v) is 9.75. The molecule has 0 spiro atoms. The summed E-state index contributed by atoms with van der Waals surface area (Å²) >= 11 is 0. The van der Waals surface area contributed by atoms with E-state index in [1.165, 1.54) is 12.1 Å². The maximum absolute atomic E-state index is 12.5. The number of hydrogen-bond donors (Lipinski definition) is 1. The third-order valence-electron chi connectivity index (χ3n) is 4.81. The molecule has 31 heavy (non-hydrogen) atoms. The molecule has 7 nitrogen and oxygen atoms in total. The van der Waals surface area contributed by atoms with E-state index < -0.39 is 23.4 Å². The average Bonchev–Trinajstić information content (AvgIpc) is 2.78. The second-order valence-electron chi connectivity index (χ2n) is 7.02. The lowest BCUT2D eigenvalue weighted by Gasteiger charge is -2.19. The van der Waals surface area contributed by atoms with Crippen molar-refractivity contribution in [3.05, 3.63) is 111 Å². The first-order chi connectivity index (χ1) is 15.0. The van der Waals surface area contributed by atoms with Crippen molar-refractivity contribution >= 4 is 17.6 Å². The lowest BCUT2D eigenvalue weighted by atomic mass is 9.99. The van der Waals surface area contributed by atoms with Gasteiger partial charge >= 0.3 is 5.97 Å². The summed E-state index contributed by atoms with van der Waals surface area (Å²) in [4.78, 5) is 35.5. The van der Waals surface area contributed by atoms with E-state index in [9.17, 15) is 19.7 Å². The van der Waals surface area contributed by atoms with E-state index in [4.69, 9.17) is 4.74 Å². The Kier molecular flexibility index (Phi) is 7.11. The van der Waals surface area contributed by atoms with Gasteiger partial charge in [0.15, 0.2) is 6.61 Å². The van der Waals surface area contributed by atoms with Gasteiger partial charge in [-0.15, -0.1) is 0 Å². The van der Waals surface area contributed by atoms with Crippen LogP contribution in [0.25, 0.3) is 0 Å². The fraction of sp³-hybridized carbons (Fsp3) is 0.167. The number of carbonyl (C=O) groups excluding carboxylic acids is 2. The van der Waals surface area contributed by atoms with Crippen LogP contribution in [-0.2, 0) is 16.0 Å². The van der Waals surface area contributed by atoms with E-state index in [0.29, 0.717) is 12.0 Å². The summed E-state index contributed by atoms with van der Waals surface area (Å²) in [5, 5.41) is 14.1. The van der Waals surface area contributed by atoms with Gasteiger partial charge in [-0.05, 0) is 30.0 Å². The molecule has 1 amide bonds. The molecule has 1 atom stereocenters. The molecule has 1 N–H and O–H groups in total. The van der Waals surface area contributed by atoms with Crippen LogP contribution in [0.2, 0.25) is 0 Å². The zero-order chi connectivity index (χ0) is 22.2. The normalized spacial score (nSPS) is 11.4. The predicted molar refractivity (Wildman–Crippen MR) is 116 cm³/mol. The first-order valence-electron chi connectivity index (χ1n) is 9.75. The molecule has 0 radical (unpaired) electrons. The van der Waals surface area contributed by atoms with Gasteiger partial charge < -0.3 is 10.1 Å². The topological polar surface area (TPSA) is 98.5 Å². The van der Waals surface area contributed by atoms with Crippen molar-refractivity contribution in [1.82, 2.24) is 5.32 Å². The maximum Gasteiger partial charge on any atom is 0.345 e. The van der Waals surface area contributed by atoms with Gasteiger partial charge in [-0.1, -0.05) is 72.8 Å². The van der Waals surface area contributed by atoms with Crippen LogP contribution in [0.4, 0.5) is 5.69 Å². The molecule has 3 aromatic rings. The second kappa shape index (κ2) is 10.2. The second-order valence-corrected chi connectivity index (χ2v) is 7.02. The zero-order valence-electron chi connectivity index (χ0n) is 17.0. The van der Waals surface area contributed by atoms with Crippen molar-refractivity contribution in [2.24, 2.45) is 0 Å². The third kappa shape index (κ3) is 5.76. The van der Waals surface area contributed by atoms with Gasteiger partial charge in [0.2, 0.25) is 0 Å². The molecule has 0 saturated heterocycles. The Bertz CT molecular complexity index is 1070. The summed E-state index contributed by atoms with van der Waals surface area (Å²) in [7, 11) is 0. The van der Waals surface area contributed by atoms with Crippen LogP contribution in [0.3, 0.4) is 0 Å². The number of aryl methyl sites for hydroxylation is 1. The molecule has 0 saturated carbocycles. The minimum absolute atomic E-state index is 0.149. The van der Waals surface area contributed by atoms with Crippen molar-refractivity contribution in [2.45, 2.75) is 19.4 Å². The Morgan fingerprint density at radius 3 is 2.26 bits per heavy atom. The number of nitrogens with one attached hydrogen (secondary N) is 1. The number of nitro benzene ring substituents is 1. The van der Waals surface area contributed by atoms with Crippen LogP contribution < -0.4 is 5.32 Å². The SMILES string of the molecule is Cc1cccc([N+](=O)[O-])c1C(=O)OCC(=O)NC(Cc1ccccc1)c1ccccc1. The fourth-order valence-electron chi connectivity index (χ4n) is 3.30. The van der Waals surface area contributed by atoms with Gasteiger partial charge in [0, 0.05) is 6.07 Å². The molecule has 0 bridgehead atoms. The molecule has 0 aliphatic rings. The number of rotatable bonds is 8. The number of esters is 1. The molecule has 158 valence electrons. The molecule has 0 fully saturated rings. The van der Waals surface area contributed by atoms with Gasteiger partial charge in [-0.3, -0.25) is 14.9 Å². The number of hydrogen-bond acceptors (Lipinski definition) is 5. The highest BCUT2D eigenvalue weighted by Crippen LogP contribution is 2.23. The van der Waals surface area contributed by atoms with Crippen LogP contribution in [0.1, 0.15) is 33.1 Å². The Morgan fingerprint density at radius 2 is 1.61 bits per heavy atom. The molecular weight excluding hydrogens is 396 g/mol. The Morgan fingerprint density at radius 1 is 0.968 bits per heavy atom. The highest BCUT2D eigenvalue weighted by Gasteiger charge is 2.24. The van der Waals surface area contributed by atoms with Crippen molar-refractivity contribution in [2.75, 3.05) is 6.61 Å². The average molecular weight is 418 g/mol. The minimum atomic E-state index is -0.903. The van der Waals surface area contributed by atoms with Crippen LogP contribution >= 0.6 is 0 Å². The molecule has 0 aromatic heterocycles. The fourth-order valence-corrected chi connectivity index (χ4v) is 3.30.